The van der Waals surface area contributed by atoms with Crippen molar-refractivity contribution in [2.75, 3.05) is 0 Å². The van der Waals surface area contributed by atoms with Crippen molar-refractivity contribution in [3.8, 4) is 0 Å². The van der Waals surface area contributed by atoms with E-state index in [2.05, 4.69) is 0 Å². The summed E-state index contributed by atoms with van der Waals surface area (Å²) in [6, 6.07) is 0. The average molecular weight is 8990 g/mol. The van der Waals surface area contributed by atoms with Gasteiger partial charge in [-0.15, -0.1) is 0 Å². The third kappa shape index (κ3) is 634. The molecule has 80 heavy (non-hydrogen) atoms. The molecule has 0 aromatic rings. The summed E-state index contributed by atoms with van der Waals surface area (Å²) in [7, 11) is 0. The summed E-state index contributed by atoms with van der Waals surface area (Å²) in [6.45, 7) is 0. The molecule has 0 spiro atoms. The third-order valence-electron chi connectivity index (χ3n) is 0. The zero-order valence-electron chi connectivity index (χ0n) is 56.6. The van der Waals surface area contributed by atoms with Crippen LogP contribution in [0.5, 0.6) is 0 Å². The van der Waals surface area contributed by atoms with Gasteiger partial charge in [0.25, 0.3) is 0 Å². The van der Waals surface area contributed by atoms with Crippen molar-refractivity contribution in [2.24, 2.45) is 0 Å². The first-order valence-electron chi connectivity index (χ1n) is 0. The first kappa shape index (κ1) is 659. The minimum atomic E-state index is 0. The van der Waals surface area contributed by atoms with Crippen LogP contribution >= 0.6 is 0 Å². The van der Waals surface area contributed by atoms with E-state index in [1.54, 1.807) is 0 Å². The Morgan fingerprint density at radius 1 is 0.0125 bits per heavy atom. The minimum absolute atomic E-state index is 0. The second-order valence-corrected chi connectivity index (χ2v) is 0. The molecule has 0 fully saturated rings. The van der Waals surface area contributed by atoms with Crippen LogP contribution in [-0.2, 0) is 2180 Å². The van der Waals surface area contributed by atoms with Crippen LogP contribution in [0.2, 0.25) is 0 Å². The second-order valence-electron chi connectivity index (χ2n) is 0. The predicted octanol–water partition coefficient (Wildman–Crippen LogP) is -0.200. The van der Waals surface area contributed by atoms with Gasteiger partial charge in [0.1, 0.15) is 0 Å². The Bertz CT molecular complexity index is 0. The van der Waals surface area contributed by atoms with E-state index < -0.39 is 0 Å². The fraction of sp³-hybridized carbons (Fsp3) is 0. The van der Waals surface area contributed by atoms with Crippen LogP contribution in [-0.4, -0.2) is 0 Å². The van der Waals surface area contributed by atoms with Gasteiger partial charge in [0, 0.05) is 2180 Å². The summed E-state index contributed by atoms with van der Waals surface area (Å²) in [5, 5.41) is 0. The van der Waals surface area contributed by atoms with E-state index in [1.807, 2.05) is 0 Å². The molecule has 0 bridgehead atoms. The van der Waals surface area contributed by atoms with E-state index in [0.717, 1.165) is 0 Å². The topological polar surface area (TPSA) is 0 Å². The molecule has 0 amide bonds. The van der Waals surface area contributed by atoms with E-state index in [-0.39, 0.29) is 2180 Å². The van der Waals surface area contributed by atoms with Gasteiger partial charge >= 0.3 is 0 Å². The minimum Gasteiger partial charge on any atom is 0 e. The van der Waals surface area contributed by atoms with Crippen LogP contribution in [0.25, 0.3) is 0 Å². The van der Waals surface area contributed by atoms with Crippen LogP contribution < -0.4 is 0 Å². The smallest absolute Gasteiger partial charge is 0 e. The standard InChI is InChI=1S/80Cd. The van der Waals surface area contributed by atoms with Crippen molar-refractivity contribution in [1.29, 1.82) is 0 Å². The molecule has 0 aromatic heterocycles. The quantitative estimate of drug-likeness (QED) is 0.296. The fourth-order valence-corrected chi connectivity index (χ4v) is 0. The molecule has 0 aliphatic carbocycles. The van der Waals surface area contributed by atoms with Gasteiger partial charge in [-0.05, 0) is 0 Å². The zero-order chi connectivity index (χ0) is 0. The molecule has 0 unspecified atom stereocenters. The predicted molar refractivity (Wildman–Crippen MR) is 0 cm³/mol. The number of rotatable bonds is 0. The molecule has 0 saturated carbocycles. The van der Waals surface area contributed by atoms with Gasteiger partial charge < -0.3 is 0 Å². The number of hydrogen-bond donors (Lipinski definition) is 0. The van der Waals surface area contributed by atoms with E-state index in [9.17, 15) is 0 Å². The third-order valence-corrected chi connectivity index (χ3v) is 0. The Hall–Kier alpha value is 73.8. The normalized spacial score (nSPS) is 0. The molecule has 0 atom stereocenters. The summed E-state index contributed by atoms with van der Waals surface area (Å²) < 4.78 is 0. The van der Waals surface area contributed by atoms with E-state index in [0.29, 0.717) is 0 Å². The van der Waals surface area contributed by atoms with Gasteiger partial charge in [-0.1, -0.05) is 0 Å². The van der Waals surface area contributed by atoms with Crippen molar-refractivity contribution >= 4 is 0 Å². The Balaban J connectivity index is 0. The van der Waals surface area contributed by atoms with Crippen LogP contribution in [0, 0.1) is 0 Å². The van der Waals surface area contributed by atoms with E-state index >= 15 is 0 Å². The summed E-state index contributed by atoms with van der Waals surface area (Å²) in [6.07, 6.45) is 0. The molecule has 0 saturated heterocycles. The van der Waals surface area contributed by atoms with Crippen LogP contribution in [0.4, 0.5) is 0 Å². The Morgan fingerprint density at radius 2 is 0.0125 bits per heavy atom. The van der Waals surface area contributed by atoms with Gasteiger partial charge in [-0.3, -0.25) is 0 Å². The molecular formula is Cd80. The molecular weight excluding hydrogens is 8990 g/mol. The maximum absolute atomic E-state index is 0. The first-order valence-corrected chi connectivity index (χ1v) is 0. The second kappa shape index (κ2) is 647. The van der Waals surface area contributed by atoms with Gasteiger partial charge in [0.05, 0.1) is 0 Å². The van der Waals surface area contributed by atoms with Crippen molar-refractivity contribution in [1.82, 2.24) is 0 Å². The summed E-state index contributed by atoms with van der Waals surface area (Å²) in [5.41, 5.74) is 0. The Labute approximate surface area is 2100 Å². The van der Waals surface area contributed by atoms with Crippen molar-refractivity contribution < 1.29 is 2180 Å². The van der Waals surface area contributed by atoms with Gasteiger partial charge in [0.2, 0.25) is 0 Å². The molecule has 0 radical (unpaired) electrons. The molecule has 0 aliphatic rings. The molecule has 160 valence electrons. The largest absolute Gasteiger partial charge is 0 e. The van der Waals surface area contributed by atoms with Gasteiger partial charge in [0.15, 0.2) is 0 Å². The Morgan fingerprint density at radius 3 is 0.0125 bits per heavy atom. The monoisotopic (exact) mass is 9110 g/mol. The fourth-order valence-electron chi connectivity index (χ4n) is 0. The van der Waals surface area contributed by atoms with Gasteiger partial charge in [-0.2, -0.15) is 0 Å². The van der Waals surface area contributed by atoms with Crippen LogP contribution in [0.15, 0.2) is 0 Å². The molecule has 0 nitrogen and oxygen atoms in total. The zero-order valence-corrected chi connectivity index (χ0v) is 379. The molecule has 0 aliphatic heterocycles. The van der Waals surface area contributed by atoms with Gasteiger partial charge in [-0.25, -0.2) is 0 Å². The molecule has 0 rings (SSSR count). The van der Waals surface area contributed by atoms with Crippen LogP contribution in [0.1, 0.15) is 0 Å². The SMILES string of the molecule is [Cd].[Cd].[Cd].[Cd].[Cd].[Cd].[Cd].[Cd].[Cd].[Cd].[Cd].[Cd].[Cd].[Cd].[Cd].[Cd].[Cd].[Cd].[Cd].[Cd].[Cd].[Cd].[Cd].[Cd].[Cd].[Cd].[Cd].[Cd].[Cd].[Cd].[Cd].[Cd].[Cd].[Cd].[Cd].[Cd].[Cd].[Cd].[Cd].[Cd].[Cd].[Cd].[Cd].[Cd].[Cd].[Cd].[Cd].[Cd].[Cd].[Cd].[Cd].[Cd].[Cd].[Cd].[Cd].[Cd].[Cd].[Cd].[Cd].[Cd].[Cd].[Cd].[Cd].[Cd].[Cd].[Cd].[Cd].[Cd].[Cd].[Cd].[Cd].[Cd].[Cd].[Cd].[Cd].[Cd].[Cd].[Cd].[Cd].[Cd]. The molecule has 0 aromatic carbocycles. The van der Waals surface area contributed by atoms with Crippen LogP contribution in [0.3, 0.4) is 0 Å². The maximum Gasteiger partial charge on any atom is 0 e. The molecule has 0 heterocycles. The molecule has 0 N–H and O–H groups in total. The summed E-state index contributed by atoms with van der Waals surface area (Å²) >= 11 is 0. The van der Waals surface area contributed by atoms with Crippen molar-refractivity contribution in [2.45, 2.75) is 0 Å². The van der Waals surface area contributed by atoms with E-state index in [4.69, 9.17) is 0 Å². The van der Waals surface area contributed by atoms with Crippen molar-refractivity contribution in [3.05, 3.63) is 0 Å². The summed E-state index contributed by atoms with van der Waals surface area (Å²) in [5.74, 6) is 0. The Kier molecular flexibility index (Phi) is 5330. The summed E-state index contributed by atoms with van der Waals surface area (Å²) in [4.78, 5) is 0. The molecule has 80 heteroatoms. The van der Waals surface area contributed by atoms with Crippen molar-refractivity contribution in [3.63, 3.8) is 0 Å². The van der Waals surface area contributed by atoms with E-state index in [1.165, 1.54) is 0 Å². The maximum atomic E-state index is 0. The average Bonchev–Trinajstić information content (AvgIpc) is 0. The first-order chi connectivity index (χ1) is 0. The number of hydrogen-bond acceptors (Lipinski definition) is 0.